The Morgan fingerprint density at radius 1 is 0.677 bits per heavy atom. The van der Waals surface area contributed by atoms with Crippen LogP contribution in [0.2, 0.25) is 0 Å². The topological polar surface area (TPSA) is 57.2 Å². The molecule has 0 unspecified atom stereocenters. The molecule has 0 aliphatic carbocycles. The van der Waals surface area contributed by atoms with Crippen molar-refractivity contribution in [2.24, 2.45) is 0 Å². The zero-order valence-electron chi connectivity index (χ0n) is 20.1. The Balaban J connectivity index is 0.000000314. The minimum absolute atomic E-state index is 0.157. The van der Waals surface area contributed by atoms with Crippen LogP contribution in [0.25, 0.3) is 10.8 Å². The van der Waals surface area contributed by atoms with Gasteiger partial charge in [-0.2, -0.15) is 0 Å². The first-order valence-corrected chi connectivity index (χ1v) is 13.5. The van der Waals surface area contributed by atoms with Gasteiger partial charge in [0.05, 0.1) is 31.1 Å². The van der Waals surface area contributed by atoms with Crippen LogP contribution in [0, 0.1) is 0 Å². The Morgan fingerprint density at radius 3 is 1.52 bits per heavy atom. The summed E-state index contributed by atoms with van der Waals surface area (Å²) in [7, 11) is -4.38. The third-order valence-corrected chi connectivity index (χ3v) is 6.86. The maximum absolute atomic E-state index is 10.9. The highest BCUT2D eigenvalue weighted by molar-refractivity contribution is 7.86. The molecule has 0 bridgehead atoms. The number of quaternary nitrogens is 1. The van der Waals surface area contributed by atoms with E-state index in [1.165, 1.54) is 88.1 Å². The summed E-state index contributed by atoms with van der Waals surface area (Å²) >= 11 is 0. The lowest BCUT2D eigenvalue weighted by Crippen LogP contribution is -2.50. The molecule has 0 aliphatic heterocycles. The molecule has 0 fully saturated rings. The van der Waals surface area contributed by atoms with Gasteiger partial charge >= 0.3 is 0 Å². The minimum atomic E-state index is -4.38. The summed E-state index contributed by atoms with van der Waals surface area (Å²) in [5.41, 5.74) is 0. The maximum atomic E-state index is 10.9. The van der Waals surface area contributed by atoms with Gasteiger partial charge in [-0.05, 0) is 42.5 Å². The number of fused-ring (bicyclic) bond motifs is 1. The smallest absolute Gasteiger partial charge is 0.125 e. The molecule has 2 aromatic rings. The molecule has 4 nitrogen and oxygen atoms in total. The van der Waals surface area contributed by atoms with E-state index in [9.17, 15) is 13.0 Å². The van der Waals surface area contributed by atoms with E-state index in [1.807, 2.05) is 0 Å². The molecule has 2 aromatic carbocycles. The van der Waals surface area contributed by atoms with E-state index >= 15 is 0 Å². The van der Waals surface area contributed by atoms with Crippen molar-refractivity contribution in [2.45, 2.75) is 84.0 Å². The van der Waals surface area contributed by atoms with Crippen molar-refractivity contribution in [3.05, 3.63) is 42.5 Å². The average Bonchev–Trinajstić information content (AvgIpc) is 2.77. The highest BCUT2D eigenvalue weighted by Gasteiger charge is 2.24. The molecule has 0 saturated carbocycles. The van der Waals surface area contributed by atoms with E-state index in [4.69, 9.17) is 0 Å². The van der Waals surface area contributed by atoms with Gasteiger partial charge in [-0.3, -0.25) is 0 Å². The van der Waals surface area contributed by atoms with Gasteiger partial charge in [0.25, 0.3) is 0 Å². The Kier molecular flexibility index (Phi) is 13.0. The van der Waals surface area contributed by atoms with Crippen molar-refractivity contribution >= 4 is 20.9 Å². The molecule has 0 heterocycles. The summed E-state index contributed by atoms with van der Waals surface area (Å²) in [5, 5.41) is 1.23. The summed E-state index contributed by atoms with van der Waals surface area (Å²) in [6.07, 6.45) is 11.1. The molecular formula is C26H43NO3S. The van der Waals surface area contributed by atoms with Crippen molar-refractivity contribution < 1.29 is 17.5 Å². The van der Waals surface area contributed by atoms with Gasteiger partial charge in [-0.25, -0.2) is 8.42 Å². The van der Waals surface area contributed by atoms with Crippen LogP contribution in [-0.4, -0.2) is 43.6 Å². The number of rotatable bonds is 13. The number of hydrogen-bond donors (Lipinski definition) is 0. The van der Waals surface area contributed by atoms with E-state index in [0.29, 0.717) is 5.39 Å². The molecule has 31 heavy (non-hydrogen) atoms. The first kappa shape index (κ1) is 27.6. The quantitative estimate of drug-likeness (QED) is 0.251. The lowest BCUT2D eigenvalue weighted by Gasteiger charge is -2.39. The fourth-order valence-electron chi connectivity index (χ4n) is 4.06. The van der Waals surface area contributed by atoms with Gasteiger partial charge in [0.15, 0.2) is 0 Å². The van der Waals surface area contributed by atoms with Crippen molar-refractivity contribution in [3.63, 3.8) is 0 Å². The number of unbranched alkanes of at least 4 members (excludes halogenated alkanes) is 4. The van der Waals surface area contributed by atoms with Crippen molar-refractivity contribution in [1.29, 1.82) is 0 Å². The monoisotopic (exact) mass is 449 g/mol. The van der Waals surface area contributed by atoms with E-state index in [-0.39, 0.29) is 4.90 Å². The van der Waals surface area contributed by atoms with Gasteiger partial charge in [0.2, 0.25) is 0 Å². The first-order valence-electron chi connectivity index (χ1n) is 12.1. The number of nitrogens with zero attached hydrogens (tertiary/aromatic N) is 1. The van der Waals surface area contributed by atoms with Crippen molar-refractivity contribution in [1.82, 2.24) is 0 Å². The SMILES string of the molecule is CCCC[N+](CCCC)(CCCC)CCCC.O=S(=O)([O-])c1cccc2ccccc12. The molecule has 0 radical (unpaired) electrons. The molecule has 0 N–H and O–H groups in total. The molecule has 2 rings (SSSR count). The van der Waals surface area contributed by atoms with Crippen molar-refractivity contribution in [3.8, 4) is 0 Å². The fourth-order valence-corrected chi connectivity index (χ4v) is 4.76. The lowest BCUT2D eigenvalue weighted by atomic mass is 10.1. The first-order chi connectivity index (χ1) is 14.8. The minimum Gasteiger partial charge on any atom is -0.744 e. The Labute approximate surface area is 191 Å². The Bertz CT molecular complexity index is 806. The van der Waals surface area contributed by atoms with Crippen LogP contribution in [0.15, 0.2) is 47.4 Å². The summed E-state index contributed by atoms with van der Waals surface area (Å²) < 4.78 is 34.1. The molecule has 0 spiro atoms. The van der Waals surface area contributed by atoms with Crippen LogP contribution in [-0.2, 0) is 10.1 Å². The zero-order valence-corrected chi connectivity index (χ0v) is 20.9. The molecule has 0 saturated heterocycles. The normalized spacial score (nSPS) is 11.9. The summed E-state index contributed by atoms with van der Waals surface area (Å²) in [5.74, 6) is 0. The second-order valence-electron chi connectivity index (χ2n) is 8.58. The van der Waals surface area contributed by atoms with Gasteiger partial charge in [0, 0.05) is 0 Å². The number of benzene rings is 2. The third-order valence-electron chi connectivity index (χ3n) is 5.96. The van der Waals surface area contributed by atoms with Crippen LogP contribution in [0.5, 0.6) is 0 Å². The van der Waals surface area contributed by atoms with Crippen molar-refractivity contribution in [2.75, 3.05) is 26.2 Å². The van der Waals surface area contributed by atoms with Gasteiger partial charge in [-0.15, -0.1) is 0 Å². The largest absolute Gasteiger partial charge is 0.744 e. The average molecular weight is 450 g/mol. The van der Waals surface area contributed by atoms with Gasteiger partial charge in [0.1, 0.15) is 10.1 Å². The predicted octanol–water partition coefficient (Wildman–Crippen LogP) is 6.75. The van der Waals surface area contributed by atoms with Crippen LogP contribution in [0.4, 0.5) is 0 Å². The highest BCUT2D eigenvalue weighted by Crippen LogP contribution is 2.22. The molecule has 0 amide bonds. The van der Waals surface area contributed by atoms with Gasteiger partial charge in [-0.1, -0.05) is 89.8 Å². The summed E-state index contributed by atoms with van der Waals surface area (Å²) in [6, 6.07) is 11.5. The Hall–Kier alpha value is -1.43. The van der Waals surface area contributed by atoms with E-state index in [0.717, 1.165) is 5.39 Å². The molecular weight excluding hydrogens is 406 g/mol. The van der Waals surface area contributed by atoms with Crippen LogP contribution >= 0.6 is 0 Å². The molecule has 176 valence electrons. The Morgan fingerprint density at radius 2 is 1.10 bits per heavy atom. The summed E-state index contributed by atoms with van der Waals surface area (Å²) in [6.45, 7) is 15.0. The third kappa shape index (κ3) is 9.71. The standard InChI is InChI=1S/C16H36N.C10H8O3S/c1-5-9-13-17(14-10-6-2,15-11-7-3)16-12-8-4;11-14(12,13)10-7-3-5-8-4-1-2-6-9(8)10/h5-16H2,1-4H3;1-7H,(H,11,12,13)/q+1;/p-1. The van der Waals surface area contributed by atoms with Gasteiger partial charge < -0.3 is 9.04 Å². The fraction of sp³-hybridized carbons (Fsp3) is 0.615. The molecule has 0 aliphatic rings. The second-order valence-corrected chi connectivity index (χ2v) is 9.93. The second kappa shape index (κ2) is 14.6. The molecule has 0 aromatic heterocycles. The highest BCUT2D eigenvalue weighted by atomic mass is 32.2. The molecule has 0 atom stereocenters. The number of hydrogen-bond acceptors (Lipinski definition) is 3. The van der Waals surface area contributed by atoms with E-state index in [2.05, 4.69) is 27.7 Å². The predicted molar refractivity (Wildman–Crippen MR) is 131 cm³/mol. The van der Waals surface area contributed by atoms with Crippen LogP contribution in [0.1, 0.15) is 79.1 Å². The van der Waals surface area contributed by atoms with E-state index in [1.54, 1.807) is 36.4 Å². The zero-order chi connectivity index (χ0) is 23.2. The van der Waals surface area contributed by atoms with Crippen LogP contribution < -0.4 is 0 Å². The van der Waals surface area contributed by atoms with E-state index < -0.39 is 10.1 Å². The lowest BCUT2D eigenvalue weighted by molar-refractivity contribution is -0.929. The van der Waals surface area contributed by atoms with Crippen LogP contribution in [0.3, 0.4) is 0 Å². The molecule has 5 heteroatoms. The maximum Gasteiger partial charge on any atom is 0.125 e. The summed E-state index contributed by atoms with van der Waals surface area (Å²) in [4.78, 5) is -0.157.